The Labute approximate surface area is 222 Å². The molecule has 0 amide bonds. The lowest BCUT2D eigenvalue weighted by atomic mass is 10.0. The highest BCUT2D eigenvalue weighted by atomic mass is 35.5. The summed E-state index contributed by atoms with van der Waals surface area (Å²) in [7, 11) is 0. The normalized spacial score (nSPS) is 7.47. The number of alkyl halides is 1. The van der Waals surface area contributed by atoms with Crippen LogP contribution in [-0.2, 0) is 0 Å². The summed E-state index contributed by atoms with van der Waals surface area (Å²) in [4.78, 5) is 0. The summed E-state index contributed by atoms with van der Waals surface area (Å²) in [5.74, 6) is 0.354. The van der Waals surface area contributed by atoms with E-state index >= 15 is 0 Å². The van der Waals surface area contributed by atoms with Gasteiger partial charge >= 0.3 is 0 Å². The molecule has 0 aliphatic rings. The number of halogens is 2. The van der Waals surface area contributed by atoms with E-state index in [0.29, 0.717) is 5.88 Å². The molecule has 3 rings (SSSR count). The van der Waals surface area contributed by atoms with E-state index in [0.717, 1.165) is 23.1 Å². The minimum absolute atomic E-state index is 0. The molecule has 0 bridgehead atoms. The molecule has 0 saturated heterocycles. The van der Waals surface area contributed by atoms with Crippen LogP contribution in [0.5, 0.6) is 0 Å². The molecule has 36 heavy (non-hydrogen) atoms. The van der Waals surface area contributed by atoms with Crippen LogP contribution in [0.25, 0.3) is 11.6 Å². The van der Waals surface area contributed by atoms with Crippen molar-refractivity contribution in [1.82, 2.24) is 67.7 Å². The van der Waals surface area contributed by atoms with Gasteiger partial charge in [-0.05, 0) is 42.2 Å². The quantitative estimate of drug-likeness (QED) is 0.109. The van der Waals surface area contributed by atoms with Crippen molar-refractivity contribution in [2.45, 2.75) is 13.3 Å². The first-order chi connectivity index (χ1) is 12.2. The summed E-state index contributed by atoms with van der Waals surface area (Å²) in [6.45, 7) is 2.08. The van der Waals surface area contributed by atoms with Crippen LogP contribution in [0.1, 0.15) is 23.1 Å². The number of allylic oxidation sites excluding steroid dienone is 1. The summed E-state index contributed by atoms with van der Waals surface area (Å²) >= 11 is 5.84. The van der Waals surface area contributed by atoms with Gasteiger partial charge in [0.15, 0.2) is 0 Å². The third kappa shape index (κ3) is 24.3. The maximum atomic E-state index is 12.9. The second-order valence-corrected chi connectivity index (χ2v) is 6.06. The molecular weight excluding hydrogens is 485 g/mol. The Bertz CT molecular complexity index is 794. The molecule has 13 heteroatoms. The lowest BCUT2D eigenvalue weighted by molar-refractivity contribution is 0.628. The van der Waals surface area contributed by atoms with Crippen molar-refractivity contribution in [3.05, 3.63) is 107 Å². The van der Waals surface area contributed by atoms with Crippen LogP contribution in [0.4, 0.5) is 4.39 Å². The summed E-state index contributed by atoms with van der Waals surface area (Å²) in [5, 5.41) is 0. The van der Waals surface area contributed by atoms with Crippen LogP contribution in [0, 0.1) is 12.7 Å². The SMILES string of the molecule is Cc1ccccc1.Fc1ccc(C=C(CCCl)c2ccccc2)cc1.N.N.N.N.N.N.N.N.N.N.N. The topological polar surface area (TPSA) is 385 Å². The van der Waals surface area contributed by atoms with Gasteiger partial charge < -0.3 is 67.7 Å². The van der Waals surface area contributed by atoms with E-state index in [1.807, 2.05) is 36.4 Å². The molecule has 0 spiro atoms. The van der Waals surface area contributed by atoms with Gasteiger partial charge in [-0.2, -0.15) is 0 Å². The first-order valence-electron chi connectivity index (χ1n) is 8.28. The van der Waals surface area contributed by atoms with Gasteiger partial charge in [0.1, 0.15) is 5.82 Å². The van der Waals surface area contributed by atoms with E-state index in [-0.39, 0.29) is 73.5 Å². The van der Waals surface area contributed by atoms with Crippen LogP contribution in [0.2, 0.25) is 0 Å². The summed E-state index contributed by atoms with van der Waals surface area (Å²) < 4.78 is 12.9. The fraction of sp³-hybridized carbons (Fsp3) is 0.130. The highest BCUT2D eigenvalue weighted by molar-refractivity contribution is 6.18. The Hall–Kier alpha value is -2.82. The Kier molecular flexibility index (Phi) is 65.3. The summed E-state index contributed by atoms with van der Waals surface area (Å²) in [6, 6.07) is 26.8. The van der Waals surface area contributed by atoms with E-state index in [4.69, 9.17) is 11.6 Å². The Morgan fingerprint density at radius 3 is 1.33 bits per heavy atom. The Morgan fingerprint density at radius 2 is 1.00 bits per heavy atom. The fourth-order valence-corrected chi connectivity index (χ4v) is 2.55. The predicted molar refractivity (Wildman–Crippen MR) is 162 cm³/mol. The second kappa shape index (κ2) is 36.7. The van der Waals surface area contributed by atoms with Crippen molar-refractivity contribution < 1.29 is 4.39 Å². The lowest BCUT2D eigenvalue weighted by Gasteiger charge is -2.06. The molecule has 0 saturated carbocycles. The van der Waals surface area contributed by atoms with Crippen molar-refractivity contribution in [2.75, 3.05) is 5.88 Å². The van der Waals surface area contributed by atoms with Gasteiger partial charge in [-0.3, -0.25) is 0 Å². The second-order valence-electron chi connectivity index (χ2n) is 5.68. The van der Waals surface area contributed by atoms with Gasteiger partial charge in [-0.15, -0.1) is 11.6 Å². The summed E-state index contributed by atoms with van der Waals surface area (Å²) in [5.41, 5.74) is 4.63. The maximum absolute atomic E-state index is 12.9. The van der Waals surface area contributed by atoms with E-state index in [9.17, 15) is 4.39 Å². The first kappa shape index (κ1) is 63.9. The zero-order chi connectivity index (χ0) is 17.9. The van der Waals surface area contributed by atoms with Crippen LogP contribution in [0.15, 0.2) is 84.9 Å². The van der Waals surface area contributed by atoms with E-state index < -0.39 is 0 Å². The van der Waals surface area contributed by atoms with Gasteiger partial charge in [-0.25, -0.2) is 4.39 Å². The molecule has 0 aromatic heterocycles. The third-order valence-electron chi connectivity index (χ3n) is 3.66. The van der Waals surface area contributed by atoms with Crippen LogP contribution >= 0.6 is 11.6 Å². The number of rotatable bonds is 4. The molecule has 0 aliphatic carbocycles. The first-order valence-corrected chi connectivity index (χ1v) is 8.81. The van der Waals surface area contributed by atoms with Crippen molar-refractivity contribution in [3.8, 4) is 0 Å². The standard InChI is InChI=1S/C16H14ClF.C7H8.11H3N/c17-11-10-15(14-4-2-1-3-5-14)12-13-6-8-16(18)9-7-13;1-7-5-3-2-4-6-7;;;;;;;;;;;/h1-9,12H,10-11H2;2-6H,1H3;11*1H3. The molecule has 0 aliphatic heterocycles. The molecule has 0 radical (unpaired) electrons. The van der Waals surface area contributed by atoms with E-state index in [1.165, 1.54) is 17.7 Å². The molecule has 3 aromatic rings. The Balaban J connectivity index is -0.0000000422. The summed E-state index contributed by atoms with van der Waals surface area (Å²) in [6.07, 6.45) is 2.85. The molecule has 11 nitrogen and oxygen atoms in total. The smallest absolute Gasteiger partial charge is 0.123 e. The predicted octanol–water partition coefficient (Wildman–Crippen LogP) is 8.77. The zero-order valence-electron chi connectivity index (χ0n) is 22.1. The molecule has 33 N–H and O–H groups in total. The van der Waals surface area contributed by atoms with Crippen molar-refractivity contribution in [1.29, 1.82) is 0 Å². The Morgan fingerprint density at radius 1 is 0.611 bits per heavy atom. The minimum Gasteiger partial charge on any atom is -0.344 e. The molecule has 216 valence electrons. The molecule has 0 unspecified atom stereocenters. The van der Waals surface area contributed by atoms with Crippen molar-refractivity contribution in [3.63, 3.8) is 0 Å². The lowest BCUT2D eigenvalue weighted by Crippen LogP contribution is -1.86. The highest BCUT2D eigenvalue weighted by Gasteiger charge is 2.01. The van der Waals surface area contributed by atoms with Crippen molar-refractivity contribution in [2.24, 2.45) is 0 Å². The number of hydrogen-bond donors (Lipinski definition) is 11. The minimum atomic E-state index is -0.217. The average molecular weight is 540 g/mol. The highest BCUT2D eigenvalue weighted by Crippen LogP contribution is 2.22. The van der Waals surface area contributed by atoms with Gasteiger partial charge in [0.2, 0.25) is 0 Å². The molecular formula is C23H55ClFN11. The van der Waals surface area contributed by atoms with E-state index in [2.05, 4.69) is 37.3 Å². The third-order valence-corrected chi connectivity index (χ3v) is 3.85. The number of aryl methyl sites for hydroxylation is 1. The van der Waals surface area contributed by atoms with Crippen LogP contribution < -0.4 is 67.7 Å². The zero-order valence-corrected chi connectivity index (χ0v) is 22.9. The molecule has 0 atom stereocenters. The van der Waals surface area contributed by atoms with Gasteiger partial charge in [-0.1, -0.05) is 84.4 Å². The number of benzene rings is 3. The van der Waals surface area contributed by atoms with Gasteiger partial charge in [0.25, 0.3) is 0 Å². The average Bonchev–Trinajstić information content (AvgIpc) is 2.65. The van der Waals surface area contributed by atoms with Crippen LogP contribution in [-0.4, -0.2) is 5.88 Å². The fourth-order valence-electron chi connectivity index (χ4n) is 2.35. The maximum Gasteiger partial charge on any atom is 0.123 e. The van der Waals surface area contributed by atoms with Crippen molar-refractivity contribution >= 4 is 23.3 Å². The van der Waals surface area contributed by atoms with E-state index in [1.54, 1.807) is 12.1 Å². The number of hydrogen-bond acceptors (Lipinski definition) is 11. The van der Waals surface area contributed by atoms with Gasteiger partial charge in [0, 0.05) is 5.88 Å². The monoisotopic (exact) mass is 539 g/mol. The molecule has 0 fully saturated rings. The molecule has 0 heterocycles. The molecule has 3 aromatic carbocycles. The van der Waals surface area contributed by atoms with Gasteiger partial charge in [0.05, 0.1) is 0 Å². The van der Waals surface area contributed by atoms with Crippen LogP contribution in [0.3, 0.4) is 0 Å². The largest absolute Gasteiger partial charge is 0.344 e.